The monoisotopic (exact) mass is 411 g/mol. The third-order valence-electron chi connectivity index (χ3n) is 4.11. The van der Waals surface area contributed by atoms with Crippen LogP contribution >= 0.6 is 33.9 Å². The Balaban J connectivity index is 1.82. The Labute approximate surface area is 132 Å². The topological polar surface area (TPSA) is 46.2 Å². The van der Waals surface area contributed by atoms with Gasteiger partial charge >= 0.3 is 0 Å². The van der Waals surface area contributed by atoms with Crippen molar-refractivity contribution >= 4 is 43.8 Å². The summed E-state index contributed by atoms with van der Waals surface area (Å²) < 4.78 is 24.7. The number of halogens is 1. The second-order valence-electron chi connectivity index (χ2n) is 5.92. The molecule has 19 heavy (non-hydrogen) atoms. The first-order chi connectivity index (χ1) is 8.87. The van der Waals surface area contributed by atoms with Crippen molar-refractivity contribution in [1.29, 1.82) is 0 Å². The number of nitrogens with one attached hydrogen (secondary N) is 1. The number of fused-ring (bicyclic) bond motifs is 1. The molecular formula is C13H18INO2S2. The van der Waals surface area contributed by atoms with Crippen molar-refractivity contribution in [2.45, 2.75) is 44.2 Å². The molecule has 1 aromatic rings. The van der Waals surface area contributed by atoms with Gasteiger partial charge in [-0.1, -0.05) is 0 Å². The molecule has 1 N–H and O–H groups in total. The van der Waals surface area contributed by atoms with E-state index in [1.807, 2.05) is 11.3 Å². The van der Waals surface area contributed by atoms with Crippen LogP contribution in [0.5, 0.6) is 0 Å². The van der Waals surface area contributed by atoms with Gasteiger partial charge in [0.05, 0.1) is 14.4 Å². The van der Waals surface area contributed by atoms with Crippen LogP contribution < -0.4 is 5.32 Å². The number of hydrogen-bond acceptors (Lipinski definition) is 4. The van der Waals surface area contributed by atoms with Gasteiger partial charge < -0.3 is 5.32 Å². The number of thiophene rings is 1. The molecule has 0 radical (unpaired) electrons. The third-order valence-corrected chi connectivity index (χ3v) is 7.98. The van der Waals surface area contributed by atoms with Crippen LogP contribution in [0.2, 0.25) is 0 Å². The number of hydrogen-bond donors (Lipinski definition) is 1. The lowest BCUT2D eigenvalue weighted by molar-refractivity contribution is 0.321. The van der Waals surface area contributed by atoms with E-state index in [1.165, 1.54) is 26.2 Å². The van der Waals surface area contributed by atoms with Crippen molar-refractivity contribution in [3.05, 3.63) is 19.4 Å². The molecule has 0 saturated carbocycles. The lowest BCUT2D eigenvalue weighted by Gasteiger charge is -2.33. The van der Waals surface area contributed by atoms with Crippen molar-refractivity contribution in [3.63, 3.8) is 0 Å². The maximum atomic E-state index is 11.7. The van der Waals surface area contributed by atoms with Crippen molar-refractivity contribution in [1.82, 2.24) is 5.32 Å². The first-order valence-electron chi connectivity index (χ1n) is 6.63. The van der Waals surface area contributed by atoms with E-state index < -0.39 is 9.84 Å². The highest BCUT2D eigenvalue weighted by Gasteiger charge is 2.40. The lowest BCUT2D eigenvalue weighted by atomic mass is 9.90. The minimum absolute atomic E-state index is 0.245. The van der Waals surface area contributed by atoms with Gasteiger partial charge in [0.15, 0.2) is 9.84 Å². The molecule has 1 aliphatic heterocycles. The van der Waals surface area contributed by atoms with E-state index in [2.05, 4.69) is 40.9 Å². The molecule has 3 rings (SSSR count). The van der Waals surface area contributed by atoms with Gasteiger partial charge in [-0.15, -0.1) is 11.3 Å². The number of aryl methyl sites for hydroxylation is 1. The summed E-state index contributed by atoms with van der Waals surface area (Å²) in [5.41, 5.74) is 1.16. The minimum atomic E-state index is -2.84. The molecule has 0 spiro atoms. The smallest absolute Gasteiger partial charge is 0.152 e. The molecule has 2 aliphatic rings. The Bertz CT molecular complexity index is 596. The fraction of sp³-hybridized carbons (Fsp3) is 0.692. The molecule has 0 aromatic carbocycles. The molecular weight excluding hydrogens is 393 g/mol. The summed E-state index contributed by atoms with van der Waals surface area (Å²) in [5.74, 6) is 0.615. The first kappa shape index (κ1) is 14.3. The zero-order valence-electron chi connectivity index (χ0n) is 10.9. The Hall–Kier alpha value is 0.340. The van der Waals surface area contributed by atoms with Crippen LogP contribution in [0.25, 0.3) is 0 Å². The van der Waals surface area contributed by atoms with Gasteiger partial charge in [0, 0.05) is 16.5 Å². The molecule has 1 aliphatic carbocycles. The van der Waals surface area contributed by atoms with Gasteiger partial charge in [0.1, 0.15) is 0 Å². The molecule has 3 nitrogen and oxygen atoms in total. The summed E-state index contributed by atoms with van der Waals surface area (Å²) in [5, 5.41) is 3.64. The third kappa shape index (κ3) is 3.01. The van der Waals surface area contributed by atoms with E-state index in [0.717, 1.165) is 12.8 Å². The average Bonchev–Trinajstić information content (AvgIpc) is 2.79. The molecule has 1 fully saturated rings. The molecule has 2 unspecified atom stereocenters. The quantitative estimate of drug-likeness (QED) is 0.762. The standard InChI is InChI=1S/C13H18INO2S2/c1-13(5-6-19(16,17)8-13)15-10-3-2-4-11-9(10)7-12(14)18-11/h7,10,15H,2-6,8H2,1H3. The fourth-order valence-corrected chi connectivity index (χ4v) is 7.44. The summed E-state index contributed by atoms with van der Waals surface area (Å²) in [7, 11) is -2.84. The van der Waals surface area contributed by atoms with E-state index in [1.54, 1.807) is 0 Å². The van der Waals surface area contributed by atoms with Crippen molar-refractivity contribution in [2.75, 3.05) is 11.5 Å². The predicted octanol–water partition coefficient (Wildman–Crippen LogP) is 2.90. The zero-order chi connectivity index (χ0) is 13.7. The molecule has 1 saturated heterocycles. The summed E-state index contributed by atoms with van der Waals surface area (Å²) in [4.78, 5) is 1.48. The SMILES string of the molecule is CC1(NC2CCCc3sc(I)cc32)CCS(=O)(=O)C1. The van der Waals surface area contributed by atoms with Crippen LogP contribution in [0.4, 0.5) is 0 Å². The second-order valence-corrected chi connectivity index (χ2v) is 11.1. The molecule has 2 heterocycles. The van der Waals surface area contributed by atoms with Gasteiger partial charge in [0.2, 0.25) is 0 Å². The van der Waals surface area contributed by atoms with Crippen LogP contribution in [0.15, 0.2) is 6.07 Å². The van der Waals surface area contributed by atoms with Gasteiger partial charge in [-0.05, 0) is 66.8 Å². The highest BCUT2D eigenvalue weighted by molar-refractivity contribution is 14.1. The molecule has 0 bridgehead atoms. The van der Waals surface area contributed by atoms with Gasteiger partial charge in [-0.25, -0.2) is 8.42 Å². The average molecular weight is 411 g/mol. The lowest BCUT2D eigenvalue weighted by Crippen LogP contribution is -2.46. The Morgan fingerprint density at radius 2 is 2.32 bits per heavy atom. The maximum Gasteiger partial charge on any atom is 0.152 e. The minimum Gasteiger partial charge on any atom is -0.304 e. The summed E-state index contributed by atoms with van der Waals surface area (Å²) in [6.45, 7) is 2.06. The van der Waals surface area contributed by atoms with Crippen LogP contribution in [-0.4, -0.2) is 25.5 Å². The van der Waals surface area contributed by atoms with Crippen molar-refractivity contribution in [3.8, 4) is 0 Å². The predicted molar refractivity (Wildman–Crippen MR) is 87.5 cm³/mol. The zero-order valence-corrected chi connectivity index (χ0v) is 14.7. The summed E-state index contributed by atoms with van der Waals surface area (Å²) >= 11 is 4.26. The largest absolute Gasteiger partial charge is 0.304 e. The second kappa shape index (κ2) is 4.96. The molecule has 0 amide bonds. The molecule has 6 heteroatoms. The van der Waals surface area contributed by atoms with Gasteiger partial charge in [0.25, 0.3) is 0 Å². The van der Waals surface area contributed by atoms with Crippen LogP contribution in [0.3, 0.4) is 0 Å². The highest BCUT2D eigenvalue weighted by atomic mass is 127. The van der Waals surface area contributed by atoms with Crippen LogP contribution in [0, 0.1) is 2.88 Å². The first-order valence-corrected chi connectivity index (χ1v) is 10.3. The molecule has 2 atom stereocenters. The van der Waals surface area contributed by atoms with E-state index in [4.69, 9.17) is 0 Å². The van der Waals surface area contributed by atoms with Gasteiger partial charge in [-0.2, -0.15) is 0 Å². The summed E-state index contributed by atoms with van der Waals surface area (Å²) in [6.07, 6.45) is 4.23. The van der Waals surface area contributed by atoms with Crippen molar-refractivity contribution < 1.29 is 8.42 Å². The Morgan fingerprint density at radius 1 is 1.53 bits per heavy atom. The number of sulfone groups is 1. The van der Waals surface area contributed by atoms with Gasteiger partial charge in [-0.3, -0.25) is 0 Å². The van der Waals surface area contributed by atoms with E-state index in [9.17, 15) is 8.42 Å². The normalized spacial score (nSPS) is 33.3. The highest BCUT2D eigenvalue weighted by Crippen LogP contribution is 2.38. The van der Waals surface area contributed by atoms with Crippen LogP contribution in [-0.2, 0) is 16.3 Å². The summed E-state index contributed by atoms with van der Waals surface area (Å²) in [6, 6.07) is 2.60. The molecule has 1 aromatic heterocycles. The maximum absolute atomic E-state index is 11.7. The van der Waals surface area contributed by atoms with Crippen molar-refractivity contribution in [2.24, 2.45) is 0 Å². The number of rotatable bonds is 2. The fourth-order valence-electron chi connectivity index (χ4n) is 3.22. The van der Waals surface area contributed by atoms with E-state index >= 15 is 0 Å². The van der Waals surface area contributed by atoms with E-state index in [0.29, 0.717) is 11.8 Å². The Morgan fingerprint density at radius 3 is 3.00 bits per heavy atom. The Kier molecular flexibility index (Phi) is 3.73. The van der Waals surface area contributed by atoms with E-state index in [-0.39, 0.29) is 11.3 Å². The molecule has 106 valence electrons. The van der Waals surface area contributed by atoms with Crippen LogP contribution in [0.1, 0.15) is 42.7 Å².